The van der Waals surface area contributed by atoms with Crippen LogP contribution in [0.2, 0.25) is 0 Å². The zero-order valence-corrected chi connectivity index (χ0v) is 16.6. The first-order valence-electron chi connectivity index (χ1n) is 7.75. The number of hydrogen-bond donors (Lipinski definition) is 2. The molecule has 2 rings (SSSR count). The Labute approximate surface area is 155 Å². The lowest BCUT2D eigenvalue weighted by molar-refractivity contribution is 0.221. The van der Waals surface area contributed by atoms with Crippen molar-refractivity contribution in [1.82, 2.24) is 30.3 Å². The van der Waals surface area contributed by atoms with Crippen molar-refractivity contribution in [2.24, 2.45) is 12.0 Å². The highest BCUT2D eigenvalue weighted by molar-refractivity contribution is 14.0. The van der Waals surface area contributed by atoms with Crippen LogP contribution in [0, 0.1) is 0 Å². The molecule has 23 heavy (non-hydrogen) atoms. The predicted octanol–water partition coefficient (Wildman–Crippen LogP) is 1.14. The average molecular weight is 433 g/mol. The summed E-state index contributed by atoms with van der Waals surface area (Å²) >= 11 is 0. The molecule has 0 amide bonds. The lowest BCUT2D eigenvalue weighted by Gasteiger charge is -2.33. The maximum Gasteiger partial charge on any atom is 0.191 e. The smallest absolute Gasteiger partial charge is 0.191 e. The first-order valence-corrected chi connectivity index (χ1v) is 7.75. The van der Waals surface area contributed by atoms with Crippen molar-refractivity contribution >= 4 is 29.9 Å². The quantitative estimate of drug-likeness (QED) is 0.316. The van der Waals surface area contributed by atoms with Gasteiger partial charge < -0.3 is 10.6 Å². The molecule has 7 nitrogen and oxygen atoms in total. The van der Waals surface area contributed by atoms with Gasteiger partial charge in [0.15, 0.2) is 5.96 Å². The van der Waals surface area contributed by atoms with Crippen molar-refractivity contribution in [3.8, 4) is 0 Å². The standard InChI is InChI=1S/C15H27N7.HI/c1-12(2)10-22-7-5-13(6-8-22)20-15(16-3)17-9-14-18-11-19-21(14)4;/h11,13H,1,5-10H2,2-4H3,(H2,16,17,20);1H. The Kier molecular flexibility index (Phi) is 8.53. The Morgan fingerprint density at radius 3 is 2.65 bits per heavy atom. The Morgan fingerprint density at radius 1 is 1.43 bits per heavy atom. The minimum absolute atomic E-state index is 0. The maximum absolute atomic E-state index is 4.29. The van der Waals surface area contributed by atoms with Crippen molar-refractivity contribution in [2.45, 2.75) is 32.4 Å². The van der Waals surface area contributed by atoms with E-state index in [0.29, 0.717) is 12.6 Å². The number of likely N-dealkylation sites (tertiary alicyclic amines) is 1. The van der Waals surface area contributed by atoms with Crippen LogP contribution in [0.1, 0.15) is 25.6 Å². The molecular weight excluding hydrogens is 405 g/mol. The monoisotopic (exact) mass is 433 g/mol. The Hall–Kier alpha value is -1.16. The molecule has 1 aromatic rings. The number of nitrogens with one attached hydrogen (secondary N) is 2. The number of rotatable bonds is 5. The number of hydrogen-bond acceptors (Lipinski definition) is 4. The van der Waals surface area contributed by atoms with Gasteiger partial charge in [-0.05, 0) is 19.8 Å². The second-order valence-electron chi connectivity index (χ2n) is 5.88. The van der Waals surface area contributed by atoms with E-state index in [1.54, 1.807) is 18.1 Å². The summed E-state index contributed by atoms with van der Waals surface area (Å²) in [6, 6.07) is 0.465. The number of aryl methyl sites for hydroxylation is 1. The van der Waals surface area contributed by atoms with Crippen molar-refractivity contribution in [2.75, 3.05) is 26.7 Å². The normalized spacial score (nSPS) is 16.7. The van der Waals surface area contributed by atoms with E-state index >= 15 is 0 Å². The average Bonchev–Trinajstić information content (AvgIpc) is 2.90. The Balaban J connectivity index is 0.00000264. The molecule has 2 heterocycles. The van der Waals surface area contributed by atoms with Gasteiger partial charge in [-0.2, -0.15) is 5.10 Å². The lowest BCUT2D eigenvalue weighted by Crippen LogP contribution is -2.48. The molecule has 130 valence electrons. The summed E-state index contributed by atoms with van der Waals surface area (Å²) < 4.78 is 1.76. The largest absolute Gasteiger partial charge is 0.354 e. The highest BCUT2D eigenvalue weighted by atomic mass is 127. The molecule has 1 saturated heterocycles. The van der Waals surface area contributed by atoms with Crippen LogP contribution >= 0.6 is 24.0 Å². The van der Waals surface area contributed by atoms with Crippen LogP contribution in [0.15, 0.2) is 23.5 Å². The fourth-order valence-corrected chi connectivity index (χ4v) is 2.65. The van der Waals surface area contributed by atoms with Gasteiger partial charge in [0.25, 0.3) is 0 Å². The van der Waals surface area contributed by atoms with Gasteiger partial charge in [-0.15, -0.1) is 24.0 Å². The van der Waals surface area contributed by atoms with Gasteiger partial charge in [-0.1, -0.05) is 12.2 Å². The van der Waals surface area contributed by atoms with E-state index < -0.39 is 0 Å². The van der Waals surface area contributed by atoms with Gasteiger partial charge in [0.1, 0.15) is 12.2 Å². The van der Waals surface area contributed by atoms with Crippen molar-refractivity contribution in [1.29, 1.82) is 0 Å². The van der Waals surface area contributed by atoms with Crippen molar-refractivity contribution < 1.29 is 0 Å². The molecule has 8 heteroatoms. The third kappa shape index (κ3) is 6.46. The molecular formula is C15H28IN7. The van der Waals surface area contributed by atoms with Gasteiger partial charge in [0.2, 0.25) is 0 Å². The van der Waals surface area contributed by atoms with E-state index in [2.05, 4.69) is 44.1 Å². The summed E-state index contributed by atoms with van der Waals surface area (Å²) in [7, 11) is 3.68. The minimum atomic E-state index is 0. The van der Waals surface area contributed by atoms with Crippen LogP contribution in [0.4, 0.5) is 0 Å². The maximum atomic E-state index is 4.29. The van der Waals surface area contributed by atoms with E-state index in [0.717, 1.165) is 44.3 Å². The van der Waals surface area contributed by atoms with Crippen LogP contribution in [-0.2, 0) is 13.6 Å². The summed E-state index contributed by atoms with van der Waals surface area (Å²) in [4.78, 5) is 10.9. The molecule has 0 saturated carbocycles. The van der Waals surface area contributed by atoms with E-state index in [4.69, 9.17) is 0 Å². The van der Waals surface area contributed by atoms with Crippen LogP contribution in [0.3, 0.4) is 0 Å². The van der Waals surface area contributed by atoms with E-state index in [9.17, 15) is 0 Å². The number of aromatic nitrogens is 3. The molecule has 1 fully saturated rings. The van der Waals surface area contributed by atoms with E-state index in [-0.39, 0.29) is 24.0 Å². The molecule has 0 bridgehead atoms. The summed E-state index contributed by atoms with van der Waals surface area (Å²) in [5, 5.41) is 10.8. The first-order chi connectivity index (χ1) is 10.6. The third-order valence-electron chi connectivity index (χ3n) is 3.86. The van der Waals surface area contributed by atoms with Crippen molar-refractivity contribution in [3.63, 3.8) is 0 Å². The zero-order valence-electron chi connectivity index (χ0n) is 14.2. The zero-order chi connectivity index (χ0) is 15.9. The fraction of sp³-hybridized carbons (Fsp3) is 0.667. The number of halogens is 1. The topological polar surface area (TPSA) is 70.4 Å². The van der Waals surface area contributed by atoms with Gasteiger partial charge in [-0.25, -0.2) is 4.98 Å². The summed E-state index contributed by atoms with van der Waals surface area (Å²) in [6.07, 6.45) is 3.81. The fourth-order valence-electron chi connectivity index (χ4n) is 2.65. The molecule has 0 radical (unpaired) electrons. The number of piperidine rings is 1. The molecule has 1 aliphatic rings. The third-order valence-corrected chi connectivity index (χ3v) is 3.86. The van der Waals surface area contributed by atoms with E-state index in [1.165, 1.54) is 5.57 Å². The highest BCUT2D eigenvalue weighted by Gasteiger charge is 2.19. The number of aliphatic imine (C=N–C) groups is 1. The predicted molar refractivity (Wildman–Crippen MR) is 104 cm³/mol. The molecule has 0 aliphatic carbocycles. The molecule has 0 unspecified atom stereocenters. The van der Waals surface area contributed by atoms with Gasteiger partial charge in [-0.3, -0.25) is 14.6 Å². The molecule has 0 aromatic carbocycles. The molecule has 2 N–H and O–H groups in total. The Bertz CT molecular complexity index is 518. The Morgan fingerprint density at radius 2 is 2.13 bits per heavy atom. The number of nitrogens with zero attached hydrogens (tertiary/aromatic N) is 5. The van der Waals surface area contributed by atoms with Crippen LogP contribution in [-0.4, -0.2) is 58.3 Å². The second-order valence-corrected chi connectivity index (χ2v) is 5.88. The van der Waals surface area contributed by atoms with Crippen LogP contribution in [0.25, 0.3) is 0 Å². The van der Waals surface area contributed by atoms with Gasteiger partial charge in [0, 0.05) is 39.8 Å². The summed E-state index contributed by atoms with van der Waals surface area (Å²) in [5.74, 6) is 1.71. The molecule has 1 aliphatic heterocycles. The molecule has 0 atom stereocenters. The second kappa shape index (κ2) is 9.86. The molecule has 1 aromatic heterocycles. The van der Waals surface area contributed by atoms with Crippen LogP contribution < -0.4 is 10.6 Å². The van der Waals surface area contributed by atoms with Gasteiger partial charge in [0.05, 0.1) is 6.54 Å². The summed E-state index contributed by atoms with van der Waals surface area (Å²) in [6.45, 7) is 9.90. The number of guanidine groups is 1. The van der Waals surface area contributed by atoms with Crippen molar-refractivity contribution in [3.05, 3.63) is 24.3 Å². The highest BCUT2D eigenvalue weighted by Crippen LogP contribution is 2.11. The van der Waals surface area contributed by atoms with Crippen LogP contribution in [0.5, 0.6) is 0 Å². The lowest BCUT2D eigenvalue weighted by atomic mass is 10.0. The van der Waals surface area contributed by atoms with Gasteiger partial charge >= 0.3 is 0 Å². The molecule has 0 spiro atoms. The SMILES string of the molecule is C=C(C)CN1CCC(NC(=NC)NCc2ncnn2C)CC1.I. The van der Waals surface area contributed by atoms with E-state index in [1.807, 2.05) is 7.05 Å². The summed E-state index contributed by atoms with van der Waals surface area (Å²) in [5.41, 5.74) is 1.23. The minimum Gasteiger partial charge on any atom is -0.354 e. The first kappa shape index (κ1) is 19.9.